The Kier molecular flexibility index (Phi) is 12.5. The topological polar surface area (TPSA) is 116 Å². The smallest absolute Gasteiger partial charge is 0.432 e. The zero-order valence-electron chi connectivity index (χ0n) is 33.0. The summed E-state index contributed by atoms with van der Waals surface area (Å²) < 4.78 is 129. The van der Waals surface area contributed by atoms with Gasteiger partial charge < -0.3 is 33.2 Å². The second-order valence-corrected chi connectivity index (χ2v) is 14.4. The Morgan fingerprint density at radius 2 is 1.38 bits per heavy atom. The molecular formula is C42H44F6O10. The monoisotopic (exact) mass is 822 g/mol. The van der Waals surface area contributed by atoms with E-state index >= 15 is 13.2 Å². The summed E-state index contributed by atoms with van der Waals surface area (Å²) >= 11 is 0. The summed E-state index contributed by atoms with van der Waals surface area (Å²) in [6.45, 7) is 6.60. The van der Waals surface area contributed by atoms with E-state index in [1.807, 2.05) is 0 Å². The summed E-state index contributed by atoms with van der Waals surface area (Å²) in [5.41, 5.74) is -9.25. The van der Waals surface area contributed by atoms with Crippen molar-refractivity contribution in [3.8, 4) is 11.5 Å². The molecule has 3 aromatic rings. The molecule has 0 saturated heterocycles. The van der Waals surface area contributed by atoms with E-state index in [0.717, 1.165) is 36.9 Å². The van der Waals surface area contributed by atoms with Crippen molar-refractivity contribution >= 4 is 17.7 Å². The van der Waals surface area contributed by atoms with Crippen LogP contribution in [0.4, 0.5) is 26.3 Å². The van der Waals surface area contributed by atoms with Crippen LogP contribution in [0.1, 0.15) is 79.3 Å². The van der Waals surface area contributed by atoms with Gasteiger partial charge in [-0.1, -0.05) is 72.3 Å². The predicted molar refractivity (Wildman–Crippen MR) is 195 cm³/mol. The number of Topliss-reactive ketones (excluding diaryl/α,β-unsaturated/α-hetero) is 1. The number of benzene rings is 3. The first-order valence-electron chi connectivity index (χ1n) is 18.1. The van der Waals surface area contributed by atoms with Crippen molar-refractivity contribution in [3.05, 3.63) is 106 Å². The highest BCUT2D eigenvalue weighted by Crippen LogP contribution is 2.57. The van der Waals surface area contributed by atoms with Gasteiger partial charge in [-0.2, -0.15) is 26.3 Å². The summed E-state index contributed by atoms with van der Waals surface area (Å²) in [6.07, 6.45) is -15.0. The second-order valence-electron chi connectivity index (χ2n) is 14.4. The molecule has 0 N–H and O–H groups in total. The van der Waals surface area contributed by atoms with Crippen molar-refractivity contribution < 1.29 is 73.9 Å². The van der Waals surface area contributed by atoms with Gasteiger partial charge in [0.05, 0.1) is 23.7 Å². The maximum absolute atomic E-state index is 15.0. The summed E-state index contributed by atoms with van der Waals surface area (Å²) in [6, 6.07) is 13.7. The van der Waals surface area contributed by atoms with E-state index in [9.17, 15) is 27.6 Å². The molecule has 0 saturated carbocycles. The molecule has 7 atom stereocenters. The number of carbonyl (C=O) groups excluding carboxylic acids is 3. The van der Waals surface area contributed by atoms with Crippen LogP contribution >= 0.6 is 0 Å². The van der Waals surface area contributed by atoms with Crippen LogP contribution in [0.25, 0.3) is 0 Å². The van der Waals surface area contributed by atoms with Gasteiger partial charge in [0.25, 0.3) is 11.2 Å². The van der Waals surface area contributed by atoms with E-state index in [0.29, 0.717) is 7.11 Å². The van der Waals surface area contributed by atoms with Crippen LogP contribution in [-0.4, -0.2) is 76.8 Å². The van der Waals surface area contributed by atoms with E-state index in [2.05, 4.69) is 0 Å². The number of halogens is 6. The number of esters is 2. The lowest BCUT2D eigenvalue weighted by molar-refractivity contribution is -0.280. The van der Waals surface area contributed by atoms with Gasteiger partial charge in [-0.05, 0) is 33.8 Å². The molecule has 5 rings (SSSR count). The summed E-state index contributed by atoms with van der Waals surface area (Å²) in [4.78, 5) is 42.0. The van der Waals surface area contributed by atoms with Crippen LogP contribution in [0.5, 0.6) is 11.5 Å². The number of ketones is 1. The Labute approximate surface area is 331 Å². The van der Waals surface area contributed by atoms with Crippen LogP contribution in [0, 0.1) is 0 Å². The Morgan fingerprint density at radius 3 is 1.83 bits per heavy atom. The molecule has 1 heterocycles. The van der Waals surface area contributed by atoms with Crippen LogP contribution in [0.3, 0.4) is 0 Å². The van der Waals surface area contributed by atoms with E-state index in [1.54, 1.807) is 33.8 Å². The minimum atomic E-state index is -5.32. The van der Waals surface area contributed by atoms with Crippen LogP contribution in [-0.2, 0) is 49.9 Å². The van der Waals surface area contributed by atoms with Crippen molar-refractivity contribution in [2.24, 2.45) is 0 Å². The Balaban J connectivity index is 1.69. The standard InChI is InChI=1S/C42H44F6O10/c1-23(2)19-20-31(57-36(50)39(54-7,41(43,44)45)25-15-11-9-12-16-25)38(4)24(3)56-35-32-27(21-29(52-5)33(35)38)34(30(53-6)22-28(32)49)58-37(51)40(55-8,42(46,47)48)26-17-13-10-14-18-26/h9-19,21,24,30-31,34H,20,22H2,1-8H3/t24-,30-,31-,34-,38-,39+,40+/m1/s1. The number of hydrogen-bond donors (Lipinski definition) is 0. The molecule has 58 heavy (non-hydrogen) atoms. The van der Waals surface area contributed by atoms with Gasteiger partial charge in [0.1, 0.15) is 29.8 Å². The highest BCUT2D eigenvalue weighted by atomic mass is 19.4. The van der Waals surface area contributed by atoms with Crippen LogP contribution in [0.2, 0.25) is 0 Å². The van der Waals surface area contributed by atoms with E-state index in [-0.39, 0.29) is 34.6 Å². The summed E-state index contributed by atoms with van der Waals surface area (Å²) in [5, 5.41) is 0. The van der Waals surface area contributed by atoms with Gasteiger partial charge in [0, 0.05) is 50.9 Å². The Morgan fingerprint density at radius 1 is 0.862 bits per heavy atom. The van der Waals surface area contributed by atoms with E-state index < -0.39 is 88.7 Å². The molecule has 0 bridgehead atoms. The SMILES string of the molecule is COc1cc2c(c3c1[C@@](C)([C@@H](CC=C(C)C)OC(=O)[C@@](OC)(c1ccccc1)C(F)(F)F)[C@@H](C)O3)C(=O)C[C@@H](OC)[C@@H]2OC(=O)[C@@](OC)(c1ccccc1)C(F)(F)F. The fourth-order valence-corrected chi connectivity index (χ4v) is 7.76. The van der Waals surface area contributed by atoms with Gasteiger partial charge in [-0.25, -0.2) is 9.59 Å². The van der Waals surface area contributed by atoms with Crippen molar-refractivity contribution in [2.45, 2.75) is 93.9 Å². The number of methoxy groups -OCH3 is 4. The minimum absolute atomic E-state index is 0.0572. The first-order chi connectivity index (χ1) is 27.2. The second kappa shape index (κ2) is 16.4. The number of fused-ring (bicyclic) bond motifs is 3. The summed E-state index contributed by atoms with van der Waals surface area (Å²) in [5.74, 6) is -4.43. The van der Waals surface area contributed by atoms with Gasteiger partial charge in [0.2, 0.25) is 0 Å². The third kappa shape index (κ3) is 7.12. The Bertz CT molecular complexity index is 2030. The summed E-state index contributed by atoms with van der Waals surface area (Å²) in [7, 11) is 3.89. The van der Waals surface area contributed by atoms with Gasteiger partial charge >= 0.3 is 24.3 Å². The number of carbonyl (C=O) groups is 3. The predicted octanol–water partition coefficient (Wildman–Crippen LogP) is 8.40. The number of allylic oxidation sites excluding steroid dienone is 1. The molecule has 1 aliphatic heterocycles. The van der Waals surface area contributed by atoms with Crippen LogP contribution in [0.15, 0.2) is 78.4 Å². The molecule has 0 aromatic heterocycles. The molecule has 3 aromatic carbocycles. The zero-order valence-corrected chi connectivity index (χ0v) is 33.0. The highest BCUT2D eigenvalue weighted by Gasteiger charge is 2.67. The molecule has 10 nitrogen and oxygen atoms in total. The van der Waals surface area contributed by atoms with Gasteiger partial charge in [-0.3, -0.25) is 4.79 Å². The lowest BCUT2D eigenvalue weighted by Crippen LogP contribution is -2.55. The van der Waals surface area contributed by atoms with Crippen LogP contribution < -0.4 is 9.47 Å². The van der Waals surface area contributed by atoms with Crippen molar-refractivity contribution in [1.29, 1.82) is 0 Å². The van der Waals surface area contributed by atoms with Crippen molar-refractivity contribution in [3.63, 3.8) is 0 Å². The maximum Gasteiger partial charge on any atom is 0.432 e. The number of rotatable bonds is 13. The van der Waals surface area contributed by atoms with Crippen molar-refractivity contribution in [1.82, 2.24) is 0 Å². The average molecular weight is 823 g/mol. The average Bonchev–Trinajstić information content (AvgIpc) is 3.44. The third-order valence-electron chi connectivity index (χ3n) is 11.0. The van der Waals surface area contributed by atoms with Gasteiger partial charge in [0.15, 0.2) is 11.9 Å². The maximum atomic E-state index is 15.0. The molecule has 0 unspecified atom stereocenters. The lowest BCUT2D eigenvalue weighted by atomic mass is 9.71. The fraction of sp³-hybridized carbons (Fsp3) is 0.452. The number of alkyl halides is 6. The molecular weight excluding hydrogens is 778 g/mol. The molecule has 1 aliphatic carbocycles. The molecule has 0 amide bonds. The van der Waals surface area contributed by atoms with E-state index in [4.69, 9.17) is 33.2 Å². The minimum Gasteiger partial charge on any atom is -0.496 e. The number of ether oxygens (including phenoxy) is 7. The fourth-order valence-electron chi connectivity index (χ4n) is 7.76. The molecule has 16 heteroatoms. The van der Waals surface area contributed by atoms with Crippen molar-refractivity contribution in [2.75, 3.05) is 28.4 Å². The first-order valence-corrected chi connectivity index (χ1v) is 18.1. The molecule has 2 aliphatic rings. The highest BCUT2D eigenvalue weighted by molar-refractivity contribution is 6.03. The first kappa shape index (κ1) is 44.2. The molecule has 314 valence electrons. The normalized spacial score (nSPS) is 22.9. The molecule has 0 fully saturated rings. The van der Waals surface area contributed by atoms with Gasteiger partial charge in [-0.15, -0.1) is 0 Å². The lowest BCUT2D eigenvalue weighted by Gasteiger charge is -2.40. The third-order valence-corrected chi connectivity index (χ3v) is 11.0. The quantitative estimate of drug-likeness (QED) is 0.0946. The van der Waals surface area contributed by atoms with E-state index in [1.165, 1.54) is 56.7 Å². The molecule has 0 radical (unpaired) electrons. The Hall–Kier alpha value is -4.93. The molecule has 0 spiro atoms. The zero-order chi connectivity index (χ0) is 43.0. The number of hydrogen-bond acceptors (Lipinski definition) is 10. The largest absolute Gasteiger partial charge is 0.496 e.